The lowest BCUT2D eigenvalue weighted by Gasteiger charge is -2.27. The monoisotopic (exact) mass is 688 g/mol. The molecule has 0 radical (unpaired) electrons. The average Bonchev–Trinajstić information content (AvgIpc) is 3.78. The van der Waals surface area contributed by atoms with Gasteiger partial charge in [0.25, 0.3) is 0 Å². The van der Waals surface area contributed by atoms with Gasteiger partial charge in [0.1, 0.15) is 11.2 Å². The van der Waals surface area contributed by atoms with Crippen molar-refractivity contribution in [1.82, 2.24) is 9.13 Å². The van der Waals surface area contributed by atoms with Gasteiger partial charge in [-0.1, -0.05) is 66.2 Å². The standard InChI is InChI=1S/C48H40N4O/c1-29-12-21-42(31(3)23-29)52(34-14-19-38-36-17-11-30(2)24-43(36)50(5)45(38)27-34)35-15-20-39-37-18-13-33(26-44(37)51(6)46(39)28-35)49(4)32-16-22-48-41(25-32)40-9-7-8-10-47(40)53-48/h7-28H,1-6H3. The van der Waals surface area contributed by atoms with E-state index < -0.39 is 0 Å². The molecule has 0 aliphatic rings. The van der Waals surface area contributed by atoms with Crippen molar-refractivity contribution in [3.63, 3.8) is 0 Å². The van der Waals surface area contributed by atoms with Crippen molar-refractivity contribution in [1.29, 1.82) is 0 Å². The molecule has 5 heteroatoms. The Morgan fingerprint density at radius 3 is 1.58 bits per heavy atom. The Balaban J connectivity index is 1.10. The summed E-state index contributed by atoms with van der Waals surface area (Å²) in [6.45, 7) is 6.54. The Kier molecular flexibility index (Phi) is 6.80. The second kappa shape index (κ2) is 11.5. The van der Waals surface area contributed by atoms with E-state index in [0.29, 0.717) is 0 Å². The van der Waals surface area contributed by atoms with Crippen molar-refractivity contribution in [2.75, 3.05) is 16.8 Å². The fourth-order valence-electron chi connectivity index (χ4n) is 8.52. The first-order valence-electron chi connectivity index (χ1n) is 18.3. The van der Waals surface area contributed by atoms with Crippen LogP contribution >= 0.6 is 0 Å². The first kappa shape index (κ1) is 31.3. The van der Waals surface area contributed by atoms with Crippen molar-refractivity contribution < 1.29 is 4.42 Å². The number of aromatic nitrogens is 2. The van der Waals surface area contributed by atoms with Gasteiger partial charge < -0.3 is 23.4 Å². The molecule has 5 nitrogen and oxygen atoms in total. The van der Waals surface area contributed by atoms with Gasteiger partial charge in [0, 0.05) is 87.4 Å². The zero-order chi connectivity index (χ0) is 36.1. The predicted octanol–water partition coefficient (Wildman–Crippen LogP) is 13.0. The van der Waals surface area contributed by atoms with Crippen LogP contribution in [0.2, 0.25) is 0 Å². The van der Waals surface area contributed by atoms with Crippen LogP contribution in [0.3, 0.4) is 0 Å². The Hall–Kier alpha value is -6.46. The van der Waals surface area contributed by atoms with E-state index >= 15 is 0 Å². The summed E-state index contributed by atoms with van der Waals surface area (Å²) < 4.78 is 10.8. The summed E-state index contributed by atoms with van der Waals surface area (Å²) in [5.41, 5.74) is 16.1. The van der Waals surface area contributed by atoms with Gasteiger partial charge in [0.05, 0.1) is 16.6 Å². The predicted molar refractivity (Wildman–Crippen MR) is 225 cm³/mol. The summed E-state index contributed by atoms with van der Waals surface area (Å²) in [7, 11) is 6.51. The number of para-hydroxylation sites is 1. The molecule has 0 fully saturated rings. The maximum Gasteiger partial charge on any atom is 0.135 e. The maximum atomic E-state index is 6.11. The minimum atomic E-state index is 0.908. The lowest BCUT2D eigenvalue weighted by Crippen LogP contribution is -2.11. The van der Waals surface area contributed by atoms with Crippen molar-refractivity contribution in [3.05, 3.63) is 150 Å². The largest absolute Gasteiger partial charge is 0.456 e. The zero-order valence-electron chi connectivity index (χ0n) is 30.9. The number of furan rings is 1. The topological polar surface area (TPSA) is 29.5 Å². The highest BCUT2D eigenvalue weighted by Gasteiger charge is 2.20. The Morgan fingerprint density at radius 2 is 0.925 bits per heavy atom. The van der Waals surface area contributed by atoms with E-state index in [9.17, 15) is 0 Å². The van der Waals surface area contributed by atoms with Gasteiger partial charge in [0.15, 0.2) is 0 Å². The highest BCUT2D eigenvalue weighted by molar-refractivity contribution is 6.12. The summed E-state index contributed by atoms with van der Waals surface area (Å²) in [5.74, 6) is 0. The normalized spacial score (nSPS) is 12.0. The molecule has 0 N–H and O–H groups in total. The molecular weight excluding hydrogens is 649 g/mol. The molecule has 10 rings (SSSR count). The number of nitrogens with zero attached hydrogens (tertiary/aromatic N) is 4. The van der Waals surface area contributed by atoms with E-state index in [2.05, 4.69) is 182 Å². The van der Waals surface area contributed by atoms with Gasteiger partial charge in [-0.15, -0.1) is 0 Å². The number of benzene rings is 7. The van der Waals surface area contributed by atoms with E-state index in [1.807, 2.05) is 12.1 Å². The fourth-order valence-corrected chi connectivity index (χ4v) is 8.52. The maximum absolute atomic E-state index is 6.11. The van der Waals surface area contributed by atoms with Crippen LogP contribution in [0, 0.1) is 20.8 Å². The molecule has 0 aliphatic carbocycles. The number of fused-ring (bicyclic) bond motifs is 9. The van der Waals surface area contributed by atoms with Gasteiger partial charge in [0.2, 0.25) is 0 Å². The summed E-state index contributed by atoms with van der Waals surface area (Å²) in [6, 6.07) is 48.9. The van der Waals surface area contributed by atoms with Crippen LogP contribution in [-0.2, 0) is 14.1 Å². The average molecular weight is 689 g/mol. The smallest absolute Gasteiger partial charge is 0.135 e. The molecule has 0 saturated heterocycles. The molecule has 3 aromatic heterocycles. The van der Waals surface area contributed by atoms with Crippen LogP contribution in [-0.4, -0.2) is 16.2 Å². The number of rotatable bonds is 5. The number of hydrogen-bond donors (Lipinski definition) is 0. The number of hydrogen-bond acceptors (Lipinski definition) is 3. The summed E-state index contributed by atoms with van der Waals surface area (Å²) in [5, 5.41) is 7.32. The molecule has 3 heterocycles. The fraction of sp³-hybridized carbons (Fsp3) is 0.125. The molecule has 0 atom stereocenters. The van der Waals surface area contributed by atoms with E-state index in [-0.39, 0.29) is 0 Å². The van der Waals surface area contributed by atoms with Crippen molar-refractivity contribution in [2.24, 2.45) is 14.1 Å². The van der Waals surface area contributed by atoms with E-state index in [1.165, 1.54) is 66.0 Å². The Bertz CT molecular complexity index is 3100. The third kappa shape index (κ3) is 4.77. The minimum Gasteiger partial charge on any atom is -0.456 e. The molecule has 0 unspecified atom stereocenters. The summed E-state index contributed by atoms with van der Waals surface area (Å²) >= 11 is 0. The second-order valence-electron chi connectivity index (χ2n) is 14.7. The highest BCUT2D eigenvalue weighted by Crippen LogP contribution is 2.43. The van der Waals surface area contributed by atoms with Crippen LogP contribution < -0.4 is 9.80 Å². The lowest BCUT2D eigenvalue weighted by atomic mass is 10.1. The quantitative estimate of drug-likeness (QED) is 0.180. The molecule has 0 spiro atoms. The molecular formula is C48H40N4O. The molecule has 10 aromatic rings. The van der Waals surface area contributed by atoms with Crippen LogP contribution in [0.15, 0.2) is 138 Å². The molecule has 0 aliphatic heterocycles. The van der Waals surface area contributed by atoms with E-state index in [4.69, 9.17) is 4.42 Å². The lowest BCUT2D eigenvalue weighted by molar-refractivity contribution is 0.669. The molecule has 0 bridgehead atoms. The van der Waals surface area contributed by atoms with Crippen LogP contribution in [0.4, 0.5) is 28.4 Å². The van der Waals surface area contributed by atoms with Crippen molar-refractivity contribution in [2.45, 2.75) is 20.8 Å². The Labute approximate surface area is 308 Å². The molecule has 0 saturated carbocycles. The minimum absolute atomic E-state index is 0.908. The summed E-state index contributed by atoms with van der Waals surface area (Å²) in [6.07, 6.45) is 0. The third-order valence-corrected chi connectivity index (χ3v) is 11.4. The van der Waals surface area contributed by atoms with Gasteiger partial charge in [-0.05, 0) is 105 Å². The SMILES string of the molecule is Cc1ccc(N(c2ccc3c4ccc(C)cc4n(C)c3c2)c2ccc3c4ccc(N(C)c5ccc6oc7ccccc7c6c5)cc4n(C)c3c2)c(C)c1. The molecule has 258 valence electrons. The van der Waals surface area contributed by atoms with Gasteiger partial charge in [-0.3, -0.25) is 0 Å². The summed E-state index contributed by atoms with van der Waals surface area (Å²) in [4.78, 5) is 4.68. The van der Waals surface area contributed by atoms with Crippen molar-refractivity contribution in [3.8, 4) is 0 Å². The highest BCUT2D eigenvalue weighted by atomic mass is 16.3. The molecule has 7 aromatic carbocycles. The van der Waals surface area contributed by atoms with Crippen LogP contribution in [0.1, 0.15) is 16.7 Å². The third-order valence-electron chi connectivity index (χ3n) is 11.4. The molecule has 0 amide bonds. The molecule has 53 heavy (non-hydrogen) atoms. The van der Waals surface area contributed by atoms with Crippen LogP contribution in [0.25, 0.3) is 65.6 Å². The van der Waals surface area contributed by atoms with E-state index in [1.54, 1.807) is 0 Å². The second-order valence-corrected chi connectivity index (χ2v) is 14.7. The first-order chi connectivity index (χ1) is 25.7. The number of aryl methyl sites for hydroxylation is 5. The van der Waals surface area contributed by atoms with Gasteiger partial charge in [-0.2, -0.15) is 0 Å². The van der Waals surface area contributed by atoms with Gasteiger partial charge in [-0.25, -0.2) is 0 Å². The first-order valence-corrected chi connectivity index (χ1v) is 18.3. The van der Waals surface area contributed by atoms with E-state index in [0.717, 1.165) is 44.7 Å². The van der Waals surface area contributed by atoms with Crippen LogP contribution in [0.5, 0.6) is 0 Å². The Morgan fingerprint density at radius 1 is 0.434 bits per heavy atom. The van der Waals surface area contributed by atoms with Crippen molar-refractivity contribution >= 4 is 94.0 Å². The zero-order valence-corrected chi connectivity index (χ0v) is 30.9. The number of anilines is 5. The van der Waals surface area contributed by atoms with Gasteiger partial charge >= 0.3 is 0 Å².